The van der Waals surface area contributed by atoms with Gasteiger partial charge in [0, 0.05) is 24.4 Å². The quantitative estimate of drug-likeness (QED) is 0.895. The van der Waals surface area contributed by atoms with Crippen molar-refractivity contribution in [2.24, 2.45) is 12.0 Å². The Morgan fingerprint density at radius 3 is 2.80 bits per heavy atom. The van der Waals surface area contributed by atoms with Crippen molar-refractivity contribution >= 4 is 15.9 Å². The molecular weight excluding hydrogens is 276 g/mol. The third-order valence-corrected chi connectivity index (χ3v) is 4.58. The first kappa shape index (κ1) is 12.9. The molecule has 0 unspecified atom stereocenters. The van der Waals surface area contributed by atoms with Gasteiger partial charge in [-0.2, -0.15) is 5.10 Å². The summed E-state index contributed by atoms with van der Waals surface area (Å²) in [5, 5.41) is 4.24. The minimum Gasteiger partial charge on any atom is -0.275 e. The average Bonchev–Trinajstić information content (AvgIpc) is 2.85. The van der Waals surface area contributed by atoms with Crippen molar-refractivity contribution in [3.8, 4) is 0 Å². The van der Waals surface area contributed by atoms with Gasteiger partial charge < -0.3 is 0 Å². The van der Waals surface area contributed by atoms with Crippen LogP contribution in [-0.2, 0) is 23.6 Å². The fourth-order valence-corrected chi connectivity index (χ4v) is 3.47. The SMILES string of the molecule is Cc1nn(C)cc1CN=C1NS(=O)(=O)c2ccccc21. The highest BCUT2D eigenvalue weighted by Gasteiger charge is 2.29. The minimum atomic E-state index is -3.47. The lowest BCUT2D eigenvalue weighted by molar-refractivity contribution is 0.595. The number of hydrogen-bond acceptors (Lipinski definition) is 4. The second-order valence-electron chi connectivity index (χ2n) is 4.68. The number of aliphatic imine (C=N–C) groups is 1. The van der Waals surface area contributed by atoms with Crippen LogP contribution in [0.4, 0.5) is 0 Å². The lowest BCUT2D eigenvalue weighted by Crippen LogP contribution is -2.22. The molecule has 0 radical (unpaired) electrons. The Bertz CT molecular complexity index is 806. The fourth-order valence-electron chi connectivity index (χ4n) is 2.22. The Hall–Kier alpha value is -2.15. The molecule has 2 heterocycles. The number of fused-ring (bicyclic) bond motifs is 1. The average molecular weight is 290 g/mol. The number of rotatable bonds is 2. The summed E-state index contributed by atoms with van der Waals surface area (Å²) >= 11 is 0. The van der Waals surface area contributed by atoms with Crippen LogP contribution in [0.2, 0.25) is 0 Å². The summed E-state index contributed by atoms with van der Waals surface area (Å²) in [7, 11) is -1.62. The number of nitrogens with zero attached hydrogens (tertiary/aromatic N) is 3. The van der Waals surface area contributed by atoms with Gasteiger partial charge in [0.2, 0.25) is 0 Å². The van der Waals surface area contributed by atoms with Crippen molar-refractivity contribution in [2.45, 2.75) is 18.4 Å². The summed E-state index contributed by atoms with van der Waals surface area (Å²) in [4.78, 5) is 4.66. The van der Waals surface area contributed by atoms with Crippen molar-refractivity contribution < 1.29 is 8.42 Å². The van der Waals surface area contributed by atoms with Gasteiger partial charge in [-0.15, -0.1) is 0 Å². The molecule has 2 aromatic rings. The molecule has 0 saturated carbocycles. The van der Waals surface area contributed by atoms with Crippen LogP contribution in [0.3, 0.4) is 0 Å². The van der Waals surface area contributed by atoms with Crippen LogP contribution in [0, 0.1) is 6.92 Å². The van der Waals surface area contributed by atoms with Crippen LogP contribution < -0.4 is 4.72 Å². The van der Waals surface area contributed by atoms with E-state index in [0.29, 0.717) is 17.9 Å². The molecule has 1 N–H and O–H groups in total. The normalized spacial score (nSPS) is 18.0. The third kappa shape index (κ3) is 2.09. The van der Waals surface area contributed by atoms with Gasteiger partial charge in [0.05, 0.1) is 17.1 Å². The Morgan fingerprint density at radius 2 is 2.10 bits per heavy atom. The molecule has 0 saturated heterocycles. The highest BCUT2D eigenvalue weighted by molar-refractivity contribution is 7.90. The Balaban J connectivity index is 1.97. The van der Waals surface area contributed by atoms with Gasteiger partial charge in [-0.05, 0) is 19.1 Å². The van der Waals surface area contributed by atoms with Crippen LogP contribution in [0.1, 0.15) is 16.8 Å². The van der Waals surface area contributed by atoms with Gasteiger partial charge in [0.25, 0.3) is 10.0 Å². The number of amidine groups is 1. The Labute approximate surface area is 117 Å². The van der Waals surface area contributed by atoms with Crippen LogP contribution in [0.25, 0.3) is 0 Å². The molecule has 6 nitrogen and oxygen atoms in total. The van der Waals surface area contributed by atoms with E-state index < -0.39 is 10.0 Å². The standard InChI is InChI=1S/C13H14N4O2S/c1-9-10(8-17(2)15-9)7-14-13-11-5-3-4-6-12(11)20(18,19)16-13/h3-6,8H,7H2,1-2H3,(H,14,16). The van der Waals surface area contributed by atoms with Crippen molar-refractivity contribution in [2.75, 3.05) is 0 Å². The monoisotopic (exact) mass is 290 g/mol. The predicted octanol–water partition coefficient (Wildman–Crippen LogP) is 0.967. The third-order valence-electron chi connectivity index (χ3n) is 3.19. The summed E-state index contributed by atoms with van der Waals surface area (Å²) in [5.74, 6) is 0.392. The van der Waals surface area contributed by atoms with E-state index in [1.807, 2.05) is 20.2 Å². The first-order valence-electron chi connectivity index (χ1n) is 6.13. The lowest BCUT2D eigenvalue weighted by atomic mass is 10.2. The van der Waals surface area contributed by atoms with E-state index in [1.54, 1.807) is 28.9 Å². The molecular formula is C13H14N4O2S. The van der Waals surface area contributed by atoms with Gasteiger partial charge in [-0.1, -0.05) is 12.1 Å². The highest BCUT2D eigenvalue weighted by Crippen LogP contribution is 2.22. The second-order valence-corrected chi connectivity index (χ2v) is 6.33. The molecule has 20 heavy (non-hydrogen) atoms. The first-order chi connectivity index (χ1) is 9.47. The van der Waals surface area contributed by atoms with E-state index in [4.69, 9.17) is 0 Å². The number of nitrogens with one attached hydrogen (secondary N) is 1. The number of hydrogen-bond donors (Lipinski definition) is 1. The first-order valence-corrected chi connectivity index (χ1v) is 7.61. The molecule has 0 amide bonds. The van der Waals surface area contributed by atoms with Gasteiger partial charge in [0.15, 0.2) is 0 Å². The topological polar surface area (TPSA) is 76.3 Å². The minimum absolute atomic E-state index is 0.279. The van der Waals surface area contributed by atoms with Crippen LogP contribution in [0.15, 0.2) is 40.4 Å². The molecule has 7 heteroatoms. The lowest BCUT2D eigenvalue weighted by Gasteiger charge is -1.98. The maximum Gasteiger partial charge on any atom is 0.263 e. The summed E-state index contributed by atoms with van der Waals surface area (Å²) in [6, 6.07) is 6.83. The zero-order chi connectivity index (χ0) is 14.3. The zero-order valence-corrected chi connectivity index (χ0v) is 12.0. The molecule has 0 atom stereocenters. The number of aryl methyl sites for hydroxylation is 2. The Kier molecular flexibility index (Phi) is 2.86. The van der Waals surface area contributed by atoms with Crippen LogP contribution >= 0.6 is 0 Å². The summed E-state index contributed by atoms with van der Waals surface area (Å²) in [6.45, 7) is 2.30. The largest absolute Gasteiger partial charge is 0.275 e. The maximum atomic E-state index is 11.9. The molecule has 1 aliphatic heterocycles. The number of sulfonamides is 1. The van der Waals surface area contributed by atoms with Crippen molar-refractivity contribution in [3.05, 3.63) is 47.3 Å². The van der Waals surface area contributed by atoms with Crippen molar-refractivity contribution in [1.29, 1.82) is 0 Å². The molecule has 0 aliphatic carbocycles. The summed E-state index contributed by atoms with van der Waals surface area (Å²) in [5.41, 5.74) is 2.49. The summed E-state index contributed by atoms with van der Waals surface area (Å²) in [6.07, 6.45) is 1.88. The van der Waals surface area contributed by atoms with E-state index in [1.165, 1.54) is 0 Å². The number of aromatic nitrogens is 2. The Morgan fingerprint density at radius 1 is 1.35 bits per heavy atom. The van der Waals surface area contributed by atoms with E-state index in [-0.39, 0.29) is 4.90 Å². The molecule has 0 bridgehead atoms. The van der Waals surface area contributed by atoms with Crippen molar-refractivity contribution in [1.82, 2.24) is 14.5 Å². The van der Waals surface area contributed by atoms with Gasteiger partial charge in [-0.25, -0.2) is 8.42 Å². The van der Waals surface area contributed by atoms with E-state index in [0.717, 1.165) is 11.3 Å². The van der Waals surface area contributed by atoms with E-state index in [2.05, 4.69) is 14.8 Å². The van der Waals surface area contributed by atoms with E-state index in [9.17, 15) is 8.42 Å². The number of benzene rings is 1. The predicted molar refractivity (Wildman–Crippen MR) is 74.9 cm³/mol. The molecule has 1 aliphatic rings. The molecule has 0 spiro atoms. The van der Waals surface area contributed by atoms with Gasteiger partial charge in [0.1, 0.15) is 5.84 Å². The van der Waals surface area contributed by atoms with Gasteiger partial charge in [-0.3, -0.25) is 14.4 Å². The molecule has 104 valence electrons. The smallest absolute Gasteiger partial charge is 0.263 e. The maximum absolute atomic E-state index is 11.9. The van der Waals surface area contributed by atoms with Crippen molar-refractivity contribution in [3.63, 3.8) is 0 Å². The second kappa shape index (κ2) is 4.45. The molecule has 1 aromatic carbocycles. The van der Waals surface area contributed by atoms with E-state index >= 15 is 0 Å². The molecule has 3 rings (SSSR count). The van der Waals surface area contributed by atoms with Crippen LogP contribution in [0.5, 0.6) is 0 Å². The fraction of sp³-hybridized carbons (Fsp3) is 0.231. The zero-order valence-electron chi connectivity index (χ0n) is 11.2. The molecule has 0 fully saturated rings. The molecule has 1 aromatic heterocycles. The summed E-state index contributed by atoms with van der Waals surface area (Å²) < 4.78 is 28.1. The van der Waals surface area contributed by atoms with Crippen LogP contribution in [-0.4, -0.2) is 24.0 Å². The highest BCUT2D eigenvalue weighted by atomic mass is 32.2. The van der Waals surface area contributed by atoms with Gasteiger partial charge >= 0.3 is 0 Å².